The van der Waals surface area contributed by atoms with Gasteiger partial charge in [-0.1, -0.05) is 6.07 Å². The van der Waals surface area contributed by atoms with E-state index in [1.165, 1.54) is 0 Å². The van der Waals surface area contributed by atoms with Crippen LogP contribution in [0.5, 0.6) is 11.5 Å². The average Bonchev–Trinajstić information content (AvgIpc) is 2.76. The second-order valence-corrected chi connectivity index (χ2v) is 6.31. The lowest BCUT2D eigenvalue weighted by molar-refractivity contribution is 0.0169. The van der Waals surface area contributed by atoms with Crippen LogP contribution < -0.4 is 14.8 Å². The Morgan fingerprint density at radius 2 is 1.68 bits per heavy atom. The number of rotatable bonds is 3. The summed E-state index contributed by atoms with van der Waals surface area (Å²) in [5.74, 6) is 1.55. The quantitative estimate of drug-likeness (QED) is 0.908. The molecule has 0 radical (unpaired) electrons. The summed E-state index contributed by atoms with van der Waals surface area (Å²) >= 11 is 0. The molecule has 4 nitrogen and oxygen atoms in total. The van der Waals surface area contributed by atoms with Crippen LogP contribution in [0.1, 0.15) is 40.2 Å². The molecule has 19 heavy (non-hydrogen) atoms. The molecule has 1 aromatic carbocycles. The highest BCUT2D eigenvalue weighted by Gasteiger charge is 2.31. The Kier molecular flexibility index (Phi) is 3.39. The monoisotopic (exact) mass is 265 g/mol. The maximum atomic E-state index is 5.63. The lowest BCUT2D eigenvalue weighted by Crippen LogP contribution is -2.26. The lowest BCUT2D eigenvalue weighted by Gasteiger charge is -2.27. The van der Waals surface area contributed by atoms with E-state index >= 15 is 0 Å². The van der Waals surface area contributed by atoms with Gasteiger partial charge < -0.3 is 19.5 Å². The number of fused-ring (bicyclic) bond motifs is 1. The molecule has 0 amide bonds. The van der Waals surface area contributed by atoms with Gasteiger partial charge in [-0.15, -0.1) is 0 Å². The summed E-state index contributed by atoms with van der Waals surface area (Å²) in [4.78, 5) is 0. The molecule has 0 spiro atoms. The van der Waals surface area contributed by atoms with Gasteiger partial charge in [0.2, 0.25) is 6.79 Å². The Balaban J connectivity index is 2.46. The van der Waals surface area contributed by atoms with Crippen LogP contribution in [0.2, 0.25) is 0 Å². The molecule has 0 saturated carbocycles. The van der Waals surface area contributed by atoms with Gasteiger partial charge in [0, 0.05) is 18.2 Å². The highest BCUT2D eigenvalue weighted by Crippen LogP contribution is 2.46. The highest BCUT2D eigenvalue weighted by atomic mass is 16.7. The molecule has 1 aliphatic heterocycles. The van der Waals surface area contributed by atoms with Crippen molar-refractivity contribution < 1.29 is 14.2 Å². The first kappa shape index (κ1) is 14.0. The number of benzene rings is 1. The number of ether oxygens (including phenoxy) is 3. The van der Waals surface area contributed by atoms with Crippen LogP contribution >= 0.6 is 0 Å². The van der Waals surface area contributed by atoms with Crippen molar-refractivity contribution in [3.05, 3.63) is 17.7 Å². The van der Waals surface area contributed by atoms with Crippen LogP contribution in [0.4, 0.5) is 5.69 Å². The first-order chi connectivity index (χ1) is 8.74. The first-order valence-corrected chi connectivity index (χ1v) is 6.51. The molecule has 0 aliphatic carbocycles. The van der Waals surface area contributed by atoms with Crippen LogP contribution in [0.25, 0.3) is 0 Å². The molecule has 0 atom stereocenters. The second kappa shape index (κ2) is 4.60. The van der Waals surface area contributed by atoms with Crippen molar-refractivity contribution >= 4 is 5.69 Å². The molecular formula is C15H23NO3. The largest absolute Gasteiger partial charge is 0.453 e. The van der Waals surface area contributed by atoms with Crippen molar-refractivity contribution in [2.24, 2.45) is 0 Å². The van der Waals surface area contributed by atoms with Crippen LogP contribution in [0, 0.1) is 0 Å². The van der Waals surface area contributed by atoms with Crippen molar-refractivity contribution in [1.82, 2.24) is 0 Å². The minimum Gasteiger partial charge on any atom is -0.453 e. The number of hydrogen-bond donors (Lipinski definition) is 1. The average molecular weight is 265 g/mol. The van der Waals surface area contributed by atoms with Crippen molar-refractivity contribution in [1.29, 1.82) is 0 Å². The zero-order chi connectivity index (χ0) is 14.3. The molecule has 106 valence electrons. The first-order valence-electron chi connectivity index (χ1n) is 6.51. The predicted octanol–water partition coefficient (Wildman–Crippen LogP) is 3.51. The Morgan fingerprint density at radius 1 is 1.05 bits per heavy atom. The molecular weight excluding hydrogens is 242 g/mol. The number of nitrogens with one attached hydrogen (secondary N) is 1. The van der Waals surface area contributed by atoms with E-state index in [0.29, 0.717) is 0 Å². The fourth-order valence-electron chi connectivity index (χ4n) is 2.08. The zero-order valence-corrected chi connectivity index (χ0v) is 12.6. The van der Waals surface area contributed by atoms with Gasteiger partial charge in [-0.25, -0.2) is 0 Å². The van der Waals surface area contributed by atoms with Gasteiger partial charge in [-0.05, 0) is 40.7 Å². The molecule has 0 saturated heterocycles. The van der Waals surface area contributed by atoms with E-state index in [-0.39, 0.29) is 12.3 Å². The summed E-state index contributed by atoms with van der Waals surface area (Å²) in [6, 6.07) is 4.06. The standard InChI is InChI=1S/C15H23NO3/c1-14(2,3)16-11-8-7-10(15(4,5)17-6)12-13(11)19-9-18-12/h7-8,16H,9H2,1-6H3. The van der Waals surface area contributed by atoms with Gasteiger partial charge in [0.05, 0.1) is 11.3 Å². The summed E-state index contributed by atoms with van der Waals surface area (Å²) in [6.45, 7) is 10.6. The maximum Gasteiger partial charge on any atom is 0.231 e. The Morgan fingerprint density at radius 3 is 2.26 bits per heavy atom. The molecule has 1 N–H and O–H groups in total. The van der Waals surface area contributed by atoms with Gasteiger partial charge in [0.15, 0.2) is 11.5 Å². The molecule has 4 heteroatoms. The normalized spacial score (nSPS) is 14.6. The Hall–Kier alpha value is -1.42. The zero-order valence-electron chi connectivity index (χ0n) is 12.6. The van der Waals surface area contributed by atoms with E-state index < -0.39 is 5.60 Å². The van der Waals surface area contributed by atoms with Crippen molar-refractivity contribution in [3.8, 4) is 11.5 Å². The van der Waals surface area contributed by atoms with Gasteiger partial charge in [0.1, 0.15) is 0 Å². The molecule has 1 aliphatic rings. The number of anilines is 1. The van der Waals surface area contributed by atoms with Crippen molar-refractivity contribution in [2.45, 2.75) is 45.8 Å². The Labute approximate surface area is 115 Å². The molecule has 0 unspecified atom stereocenters. The fourth-order valence-corrected chi connectivity index (χ4v) is 2.08. The van der Waals surface area contributed by atoms with E-state index in [9.17, 15) is 0 Å². The van der Waals surface area contributed by atoms with Crippen molar-refractivity contribution in [3.63, 3.8) is 0 Å². The van der Waals surface area contributed by atoms with Gasteiger partial charge in [-0.2, -0.15) is 0 Å². The van der Waals surface area contributed by atoms with E-state index in [4.69, 9.17) is 14.2 Å². The summed E-state index contributed by atoms with van der Waals surface area (Å²) < 4.78 is 16.8. The molecule has 2 rings (SSSR count). The van der Waals surface area contributed by atoms with Crippen LogP contribution in [0.15, 0.2) is 12.1 Å². The third-order valence-corrected chi connectivity index (χ3v) is 3.19. The third-order valence-electron chi connectivity index (χ3n) is 3.19. The maximum absolute atomic E-state index is 5.63. The smallest absolute Gasteiger partial charge is 0.231 e. The number of methoxy groups -OCH3 is 1. The van der Waals surface area contributed by atoms with Gasteiger partial charge >= 0.3 is 0 Å². The third kappa shape index (κ3) is 2.78. The van der Waals surface area contributed by atoms with E-state index in [1.54, 1.807) is 7.11 Å². The lowest BCUT2D eigenvalue weighted by atomic mass is 9.95. The molecule has 0 fully saturated rings. The Bertz CT molecular complexity index is 475. The topological polar surface area (TPSA) is 39.7 Å². The van der Waals surface area contributed by atoms with Crippen LogP contribution in [0.3, 0.4) is 0 Å². The minimum absolute atomic E-state index is 0.0298. The predicted molar refractivity (Wildman–Crippen MR) is 76.0 cm³/mol. The summed E-state index contributed by atoms with van der Waals surface area (Å²) in [6.07, 6.45) is 0. The summed E-state index contributed by atoms with van der Waals surface area (Å²) in [5.41, 5.74) is 1.52. The van der Waals surface area contributed by atoms with Crippen LogP contribution in [-0.2, 0) is 10.3 Å². The van der Waals surface area contributed by atoms with E-state index in [0.717, 1.165) is 22.7 Å². The number of hydrogen-bond acceptors (Lipinski definition) is 4. The van der Waals surface area contributed by atoms with E-state index in [2.05, 4.69) is 26.1 Å². The van der Waals surface area contributed by atoms with Gasteiger partial charge in [0.25, 0.3) is 0 Å². The van der Waals surface area contributed by atoms with Gasteiger partial charge in [-0.3, -0.25) is 0 Å². The molecule has 0 bridgehead atoms. The highest BCUT2D eigenvalue weighted by molar-refractivity contribution is 5.68. The molecule has 0 aromatic heterocycles. The fraction of sp³-hybridized carbons (Fsp3) is 0.600. The minimum atomic E-state index is -0.405. The second-order valence-electron chi connectivity index (χ2n) is 6.31. The molecule has 1 heterocycles. The molecule has 1 aromatic rings. The summed E-state index contributed by atoms with van der Waals surface area (Å²) in [7, 11) is 1.70. The SMILES string of the molecule is COC(C)(C)c1ccc(NC(C)(C)C)c2c1OCO2. The summed E-state index contributed by atoms with van der Waals surface area (Å²) in [5, 5.41) is 3.43. The van der Waals surface area contributed by atoms with E-state index in [1.807, 2.05) is 26.0 Å². The van der Waals surface area contributed by atoms with Crippen LogP contribution in [-0.4, -0.2) is 19.4 Å². The van der Waals surface area contributed by atoms with Crippen molar-refractivity contribution in [2.75, 3.05) is 19.2 Å².